The molecule has 0 radical (unpaired) electrons. The lowest BCUT2D eigenvalue weighted by molar-refractivity contribution is 0.379. The average Bonchev–Trinajstić information content (AvgIpc) is 2.16. The van der Waals surface area contributed by atoms with Crippen molar-refractivity contribution in [2.24, 2.45) is 5.73 Å². The summed E-state index contributed by atoms with van der Waals surface area (Å²) in [7, 11) is 3.24. The van der Waals surface area contributed by atoms with Gasteiger partial charge in [0.1, 0.15) is 11.5 Å². The summed E-state index contributed by atoms with van der Waals surface area (Å²) in [6, 6.07) is 3.76. The number of ether oxygens (including phenoxy) is 2. The smallest absolute Gasteiger partial charge is 0.136 e. The maximum atomic E-state index is 6.05. The molecule has 3 nitrogen and oxygen atoms in total. The summed E-state index contributed by atoms with van der Waals surface area (Å²) in [5.41, 5.74) is 6.55. The highest BCUT2D eigenvalue weighted by molar-refractivity contribution is 9.10. The van der Waals surface area contributed by atoms with Crippen LogP contribution in [-0.4, -0.2) is 14.2 Å². The second kappa shape index (κ2) is 4.41. The number of hydrogen-bond donors (Lipinski definition) is 1. The Kier molecular flexibility index (Phi) is 3.62. The van der Waals surface area contributed by atoms with Crippen LogP contribution in [0.3, 0.4) is 0 Å². The van der Waals surface area contributed by atoms with Crippen LogP contribution in [-0.2, 0) is 5.54 Å². The number of benzene rings is 1. The zero-order chi connectivity index (χ0) is 11.6. The molecule has 0 saturated carbocycles. The first-order valence-electron chi connectivity index (χ1n) is 4.61. The lowest BCUT2D eigenvalue weighted by Gasteiger charge is -2.23. The third-order valence-electron chi connectivity index (χ3n) is 2.17. The Morgan fingerprint density at radius 2 is 1.67 bits per heavy atom. The molecule has 84 valence electrons. The van der Waals surface area contributed by atoms with Gasteiger partial charge in [0.2, 0.25) is 0 Å². The van der Waals surface area contributed by atoms with Crippen molar-refractivity contribution < 1.29 is 9.47 Å². The Morgan fingerprint density at radius 1 is 1.13 bits per heavy atom. The molecule has 0 aliphatic carbocycles. The van der Waals surface area contributed by atoms with Crippen LogP contribution in [0.15, 0.2) is 16.6 Å². The molecule has 0 unspecified atom stereocenters. The summed E-state index contributed by atoms with van der Waals surface area (Å²) in [6.07, 6.45) is 0. The van der Waals surface area contributed by atoms with E-state index < -0.39 is 5.54 Å². The summed E-state index contributed by atoms with van der Waals surface area (Å²) in [6.45, 7) is 3.87. The van der Waals surface area contributed by atoms with Gasteiger partial charge in [0.05, 0.1) is 18.7 Å². The number of nitrogens with two attached hydrogens (primary N) is 1. The molecule has 0 saturated heterocycles. The standard InChI is InChI=1S/C11H16BrNO2/c1-11(2,13)7-5-8(12)10(15-4)6-9(7)14-3/h5-6H,13H2,1-4H3. The monoisotopic (exact) mass is 273 g/mol. The van der Waals surface area contributed by atoms with Crippen LogP contribution in [0.25, 0.3) is 0 Å². The first kappa shape index (κ1) is 12.3. The molecule has 0 aliphatic rings. The van der Waals surface area contributed by atoms with Gasteiger partial charge in [0.15, 0.2) is 0 Å². The van der Waals surface area contributed by atoms with E-state index in [1.807, 2.05) is 26.0 Å². The Morgan fingerprint density at radius 3 is 2.07 bits per heavy atom. The molecule has 0 atom stereocenters. The maximum absolute atomic E-state index is 6.05. The molecule has 2 N–H and O–H groups in total. The van der Waals surface area contributed by atoms with Crippen LogP contribution in [0.4, 0.5) is 0 Å². The molecule has 1 aromatic rings. The van der Waals surface area contributed by atoms with Crippen LogP contribution >= 0.6 is 15.9 Å². The van der Waals surface area contributed by atoms with Crippen LogP contribution in [0.1, 0.15) is 19.4 Å². The summed E-state index contributed by atoms with van der Waals surface area (Å²) < 4.78 is 11.4. The van der Waals surface area contributed by atoms with E-state index in [-0.39, 0.29) is 0 Å². The minimum Gasteiger partial charge on any atom is -0.496 e. The highest BCUT2D eigenvalue weighted by atomic mass is 79.9. The summed E-state index contributed by atoms with van der Waals surface area (Å²) in [5, 5.41) is 0. The summed E-state index contributed by atoms with van der Waals surface area (Å²) >= 11 is 3.43. The van der Waals surface area contributed by atoms with E-state index in [0.29, 0.717) is 0 Å². The van der Waals surface area contributed by atoms with Crippen molar-refractivity contribution in [3.05, 3.63) is 22.2 Å². The topological polar surface area (TPSA) is 44.5 Å². The molecule has 1 aromatic carbocycles. The van der Waals surface area contributed by atoms with Crippen molar-refractivity contribution in [1.29, 1.82) is 0 Å². The largest absolute Gasteiger partial charge is 0.496 e. The molecule has 0 fully saturated rings. The number of hydrogen-bond acceptors (Lipinski definition) is 3. The Hall–Kier alpha value is -0.740. The maximum Gasteiger partial charge on any atom is 0.136 e. The van der Waals surface area contributed by atoms with Crippen LogP contribution in [0.5, 0.6) is 11.5 Å². The Balaban J connectivity index is 3.34. The molecular formula is C11H16BrNO2. The van der Waals surface area contributed by atoms with Crippen LogP contribution in [0, 0.1) is 0 Å². The molecule has 0 amide bonds. The lowest BCUT2D eigenvalue weighted by Crippen LogP contribution is -2.29. The first-order valence-corrected chi connectivity index (χ1v) is 5.40. The molecule has 0 spiro atoms. The zero-order valence-corrected chi connectivity index (χ0v) is 11.0. The Labute approximate surface area is 98.7 Å². The van der Waals surface area contributed by atoms with E-state index in [4.69, 9.17) is 15.2 Å². The quantitative estimate of drug-likeness (QED) is 0.921. The predicted molar refractivity (Wildman–Crippen MR) is 64.5 cm³/mol. The predicted octanol–water partition coefficient (Wildman–Crippen LogP) is 2.66. The van der Waals surface area contributed by atoms with Crippen molar-refractivity contribution in [1.82, 2.24) is 0 Å². The van der Waals surface area contributed by atoms with Crippen molar-refractivity contribution in [2.75, 3.05) is 14.2 Å². The van der Waals surface area contributed by atoms with E-state index in [1.165, 1.54) is 0 Å². The molecule has 15 heavy (non-hydrogen) atoms. The average molecular weight is 274 g/mol. The molecule has 0 bridgehead atoms. The fourth-order valence-corrected chi connectivity index (χ4v) is 1.87. The molecule has 0 aliphatic heterocycles. The molecular weight excluding hydrogens is 258 g/mol. The summed E-state index contributed by atoms with van der Waals surface area (Å²) in [4.78, 5) is 0. The fourth-order valence-electron chi connectivity index (χ4n) is 1.36. The second-order valence-electron chi connectivity index (χ2n) is 3.91. The highest BCUT2D eigenvalue weighted by Gasteiger charge is 2.21. The third kappa shape index (κ3) is 2.63. The minimum atomic E-state index is -0.444. The Bertz CT molecular complexity index is 358. The minimum absolute atomic E-state index is 0.444. The van der Waals surface area contributed by atoms with Gasteiger partial charge in [-0.15, -0.1) is 0 Å². The highest BCUT2D eigenvalue weighted by Crippen LogP contribution is 2.36. The van der Waals surface area contributed by atoms with Gasteiger partial charge in [-0.05, 0) is 35.8 Å². The molecule has 0 aromatic heterocycles. The SMILES string of the molecule is COc1cc(OC)c(C(C)(C)N)cc1Br. The van der Waals surface area contributed by atoms with E-state index >= 15 is 0 Å². The normalized spacial score (nSPS) is 11.3. The number of halogens is 1. The van der Waals surface area contributed by atoms with Gasteiger partial charge in [-0.2, -0.15) is 0 Å². The van der Waals surface area contributed by atoms with Gasteiger partial charge in [0, 0.05) is 17.2 Å². The van der Waals surface area contributed by atoms with Gasteiger partial charge in [-0.25, -0.2) is 0 Å². The third-order valence-corrected chi connectivity index (χ3v) is 2.79. The van der Waals surface area contributed by atoms with Crippen LogP contribution in [0.2, 0.25) is 0 Å². The van der Waals surface area contributed by atoms with Gasteiger partial charge in [-0.1, -0.05) is 0 Å². The van der Waals surface area contributed by atoms with Gasteiger partial charge in [-0.3, -0.25) is 0 Å². The van der Waals surface area contributed by atoms with E-state index in [2.05, 4.69) is 15.9 Å². The molecule has 0 heterocycles. The lowest BCUT2D eigenvalue weighted by atomic mass is 9.94. The van der Waals surface area contributed by atoms with E-state index in [9.17, 15) is 0 Å². The van der Waals surface area contributed by atoms with Gasteiger partial charge in [0.25, 0.3) is 0 Å². The summed E-state index contributed by atoms with van der Waals surface area (Å²) in [5.74, 6) is 1.47. The van der Waals surface area contributed by atoms with E-state index in [0.717, 1.165) is 21.5 Å². The fraction of sp³-hybridized carbons (Fsp3) is 0.455. The van der Waals surface area contributed by atoms with Crippen molar-refractivity contribution in [2.45, 2.75) is 19.4 Å². The second-order valence-corrected chi connectivity index (χ2v) is 4.76. The first-order chi connectivity index (χ1) is 6.90. The van der Waals surface area contributed by atoms with Crippen molar-refractivity contribution in [3.8, 4) is 11.5 Å². The van der Waals surface area contributed by atoms with E-state index in [1.54, 1.807) is 14.2 Å². The van der Waals surface area contributed by atoms with Crippen molar-refractivity contribution >= 4 is 15.9 Å². The van der Waals surface area contributed by atoms with Gasteiger partial charge >= 0.3 is 0 Å². The van der Waals surface area contributed by atoms with Crippen LogP contribution < -0.4 is 15.2 Å². The zero-order valence-electron chi connectivity index (χ0n) is 9.43. The van der Waals surface area contributed by atoms with Crippen molar-refractivity contribution in [3.63, 3.8) is 0 Å². The number of methoxy groups -OCH3 is 2. The molecule has 1 rings (SSSR count). The molecule has 4 heteroatoms. The number of rotatable bonds is 3. The van der Waals surface area contributed by atoms with Gasteiger partial charge < -0.3 is 15.2 Å².